The van der Waals surface area contributed by atoms with Gasteiger partial charge in [0.1, 0.15) is 6.07 Å². The standard InChI is InChI=1S/C32H28N6OS/c1-19-34-28-12-9-21(15-30(28)40-19)31-26-14-22(10-11-27(26)36-37-31)32(39)35-24-6-4-5-20(13-24)17-38-18-23(16-33)25-7-2-3-8-29(25)38/h2-3,7-12,14-15,18,20,24H,4-6,13,17H2,1H3,(H,35,39)(H,36,37). The van der Waals surface area contributed by atoms with Crippen molar-refractivity contribution in [2.75, 3.05) is 0 Å². The molecule has 6 aromatic rings. The lowest BCUT2D eigenvalue weighted by molar-refractivity contribution is 0.0918. The Labute approximate surface area is 235 Å². The molecule has 0 aliphatic heterocycles. The number of H-pyrrole nitrogens is 1. The van der Waals surface area contributed by atoms with Crippen LogP contribution in [-0.4, -0.2) is 31.7 Å². The normalized spacial score (nSPS) is 17.4. The number of aromatic nitrogens is 4. The molecule has 2 N–H and O–H groups in total. The van der Waals surface area contributed by atoms with E-state index in [-0.39, 0.29) is 11.9 Å². The summed E-state index contributed by atoms with van der Waals surface area (Å²) in [6.07, 6.45) is 6.07. The first-order chi connectivity index (χ1) is 19.6. The molecule has 0 spiro atoms. The minimum atomic E-state index is -0.0496. The number of thiazole rings is 1. The van der Waals surface area contributed by atoms with Crippen molar-refractivity contribution in [1.29, 1.82) is 5.26 Å². The smallest absolute Gasteiger partial charge is 0.251 e. The van der Waals surface area contributed by atoms with Crippen molar-refractivity contribution >= 4 is 49.3 Å². The van der Waals surface area contributed by atoms with Crippen LogP contribution in [-0.2, 0) is 6.54 Å². The average Bonchev–Trinajstić information content (AvgIpc) is 3.66. The van der Waals surface area contributed by atoms with Crippen LogP contribution in [0.25, 0.3) is 43.3 Å². The van der Waals surface area contributed by atoms with Gasteiger partial charge in [0, 0.05) is 46.2 Å². The van der Waals surface area contributed by atoms with E-state index in [0.29, 0.717) is 17.0 Å². The first-order valence-corrected chi connectivity index (χ1v) is 14.5. The maximum absolute atomic E-state index is 13.4. The number of aromatic amines is 1. The van der Waals surface area contributed by atoms with Crippen molar-refractivity contribution in [2.45, 2.75) is 45.2 Å². The average molecular weight is 545 g/mol. The predicted molar refractivity (Wildman–Crippen MR) is 159 cm³/mol. The molecule has 1 amide bonds. The van der Waals surface area contributed by atoms with E-state index in [1.54, 1.807) is 11.3 Å². The first-order valence-electron chi connectivity index (χ1n) is 13.7. The summed E-state index contributed by atoms with van der Waals surface area (Å²) >= 11 is 1.67. The number of hydrogen-bond acceptors (Lipinski definition) is 5. The molecular formula is C32H28N6OS. The highest BCUT2D eigenvalue weighted by Gasteiger charge is 2.25. The van der Waals surface area contributed by atoms with Crippen LogP contribution in [0.5, 0.6) is 0 Å². The van der Waals surface area contributed by atoms with Gasteiger partial charge in [0.2, 0.25) is 0 Å². The number of amides is 1. The monoisotopic (exact) mass is 544 g/mol. The Morgan fingerprint density at radius 1 is 1.15 bits per heavy atom. The second kappa shape index (κ2) is 9.92. The van der Waals surface area contributed by atoms with Crippen molar-refractivity contribution in [2.24, 2.45) is 5.92 Å². The summed E-state index contributed by atoms with van der Waals surface area (Å²) in [5.74, 6) is 0.390. The van der Waals surface area contributed by atoms with Crippen molar-refractivity contribution in [3.8, 4) is 17.3 Å². The van der Waals surface area contributed by atoms with Crippen LogP contribution in [0.1, 0.15) is 46.6 Å². The van der Waals surface area contributed by atoms with E-state index in [2.05, 4.69) is 43.3 Å². The van der Waals surface area contributed by atoms with Gasteiger partial charge in [-0.15, -0.1) is 11.3 Å². The molecule has 7 nitrogen and oxygen atoms in total. The molecule has 3 aromatic heterocycles. The minimum absolute atomic E-state index is 0.0496. The highest BCUT2D eigenvalue weighted by atomic mass is 32.1. The summed E-state index contributed by atoms with van der Waals surface area (Å²) in [4.78, 5) is 18.0. The fourth-order valence-electron chi connectivity index (χ4n) is 6.18. The Morgan fingerprint density at radius 2 is 2.05 bits per heavy atom. The zero-order valence-electron chi connectivity index (χ0n) is 22.1. The lowest BCUT2D eigenvalue weighted by Crippen LogP contribution is -2.39. The molecule has 3 heterocycles. The molecule has 1 aliphatic carbocycles. The summed E-state index contributed by atoms with van der Waals surface area (Å²) < 4.78 is 3.34. The van der Waals surface area contributed by atoms with Gasteiger partial charge < -0.3 is 9.88 Å². The van der Waals surface area contributed by atoms with E-state index < -0.39 is 0 Å². The number of benzene rings is 3. The molecule has 1 fully saturated rings. The molecule has 7 rings (SSSR count). The Balaban J connectivity index is 1.09. The number of fused-ring (bicyclic) bond motifs is 3. The minimum Gasteiger partial charge on any atom is -0.349 e. The third kappa shape index (κ3) is 4.42. The molecule has 198 valence electrons. The molecule has 3 aromatic carbocycles. The van der Waals surface area contributed by atoms with Crippen LogP contribution in [0.4, 0.5) is 0 Å². The quantitative estimate of drug-likeness (QED) is 0.245. The summed E-state index contributed by atoms with van der Waals surface area (Å²) in [5.41, 5.74) is 6.19. The zero-order chi connectivity index (χ0) is 27.2. The third-order valence-electron chi connectivity index (χ3n) is 8.08. The molecule has 0 radical (unpaired) electrons. The molecule has 8 heteroatoms. The summed E-state index contributed by atoms with van der Waals surface area (Å²) in [6.45, 7) is 2.86. The molecule has 2 atom stereocenters. The number of nitrogens with one attached hydrogen (secondary N) is 2. The van der Waals surface area contributed by atoms with Gasteiger partial charge in [-0.2, -0.15) is 10.4 Å². The van der Waals surface area contributed by atoms with Crippen LogP contribution >= 0.6 is 11.3 Å². The Morgan fingerprint density at radius 3 is 2.95 bits per heavy atom. The van der Waals surface area contributed by atoms with Gasteiger partial charge in [0.25, 0.3) is 5.91 Å². The number of carbonyl (C=O) groups excluding carboxylic acids is 1. The maximum atomic E-state index is 13.4. The number of aryl methyl sites for hydroxylation is 1. The topological polar surface area (TPSA) is 99.4 Å². The Kier molecular flexibility index (Phi) is 6.09. The van der Waals surface area contributed by atoms with Crippen LogP contribution in [0.15, 0.2) is 66.9 Å². The number of hydrogen-bond donors (Lipinski definition) is 2. The lowest BCUT2D eigenvalue weighted by atomic mass is 9.85. The zero-order valence-corrected chi connectivity index (χ0v) is 23.0. The van der Waals surface area contributed by atoms with Crippen LogP contribution in [0, 0.1) is 24.2 Å². The van der Waals surface area contributed by atoms with Crippen molar-refractivity contribution in [3.63, 3.8) is 0 Å². The fourth-order valence-corrected chi connectivity index (χ4v) is 7.05. The second-order valence-electron chi connectivity index (χ2n) is 10.8. The third-order valence-corrected chi connectivity index (χ3v) is 9.01. The summed E-state index contributed by atoms with van der Waals surface area (Å²) in [6, 6.07) is 22.5. The van der Waals surface area contributed by atoms with Gasteiger partial charge in [-0.3, -0.25) is 9.89 Å². The number of nitrogens with zero attached hydrogens (tertiary/aromatic N) is 4. The van der Waals surface area contributed by atoms with Gasteiger partial charge in [-0.25, -0.2) is 4.98 Å². The van der Waals surface area contributed by atoms with E-state index in [1.165, 1.54) is 0 Å². The van der Waals surface area contributed by atoms with Gasteiger partial charge >= 0.3 is 0 Å². The highest BCUT2D eigenvalue weighted by Crippen LogP contribution is 2.32. The largest absolute Gasteiger partial charge is 0.349 e. The lowest BCUT2D eigenvalue weighted by Gasteiger charge is -2.30. The fraction of sp³-hybridized carbons (Fsp3) is 0.250. The van der Waals surface area contributed by atoms with Gasteiger partial charge in [-0.05, 0) is 68.5 Å². The van der Waals surface area contributed by atoms with Crippen molar-refractivity contribution in [1.82, 2.24) is 25.1 Å². The molecule has 40 heavy (non-hydrogen) atoms. The van der Waals surface area contributed by atoms with E-state index in [4.69, 9.17) is 0 Å². The highest BCUT2D eigenvalue weighted by molar-refractivity contribution is 7.18. The van der Waals surface area contributed by atoms with Crippen LogP contribution in [0.3, 0.4) is 0 Å². The van der Waals surface area contributed by atoms with Gasteiger partial charge in [0.15, 0.2) is 0 Å². The van der Waals surface area contributed by atoms with Crippen LogP contribution < -0.4 is 5.32 Å². The van der Waals surface area contributed by atoms with Crippen LogP contribution in [0.2, 0.25) is 0 Å². The molecular weight excluding hydrogens is 516 g/mol. The van der Waals surface area contributed by atoms with Crippen molar-refractivity contribution < 1.29 is 4.79 Å². The number of para-hydroxylation sites is 1. The first kappa shape index (κ1) is 24.6. The maximum Gasteiger partial charge on any atom is 0.251 e. The van der Waals surface area contributed by atoms with E-state index in [1.807, 2.05) is 61.7 Å². The molecule has 0 bridgehead atoms. The second-order valence-corrected chi connectivity index (χ2v) is 12.0. The number of rotatable bonds is 5. The van der Waals surface area contributed by atoms with Gasteiger partial charge in [0.05, 0.1) is 32.0 Å². The number of nitriles is 1. The molecule has 0 saturated heterocycles. The van der Waals surface area contributed by atoms with E-state index in [0.717, 1.165) is 80.5 Å². The Hall–Kier alpha value is -4.48. The summed E-state index contributed by atoms with van der Waals surface area (Å²) in [5, 5.41) is 23.5. The SMILES string of the molecule is Cc1nc2ccc(-c3n[nH]c4ccc(C(=O)NC5CCCC(Cn6cc(C#N)c7ccccc76)C5)cc34)cc2s1. The molecule has 1 aliphatic rings. The molecule has 2 unspecified atom stereocenters. The number of carbonyl (C=O) groups is 1. The summed E-state index contributed by atoms with van der Waals surface area (Å²) in [7, 11) is 0. The van der Waals surface area contributed by atoms with E-state index in [9.17, 15) is 10.1 Å². The van der Waals surface area contributed by atoms with Crippen molar-refractivity contribution in [3.05, 3.63) is 83.0 Å². The Bertz CT molecular complexity index is 1940. The van der Waals surface area contributed by atoms with Gasteiger partial charge in [-0.1, -0.05) is 30.7 Å². The molecule has 1 saturated carbocycles. The predicted octanol–water partition coefficient (Wildman–Crippen LogP) is 6.96. The van der Waals surface area contributed by atoms with E-state index >= 15 is 0 Å².